The average molecular weight is 215 g/mol. The van der Waals surface area contributed by atoms with Crippen LogP contribution in [0.25, 0.3) is 0 Å². The minimum Gasteiger partial charge on any atom is -0.378 e. The molecule has 0 radical (unpaired) electrons. The van der Waals surface area contributed by atoms with Crippen molar-refractivity contribution in [2.45, 2.75) is 32.1 Å². The van der Waals surface area contributed by atoms with E-state index in [9.17, 15) is 0 Å². The standard InChI is InChI=1S/C11H21NO3/c1-9(2)15-8-11-5-12(3-4-14-11)10-6-13-7-10/h9-11H,3-8H2,1-2H3. The van der Waals surface area contributed by atoms with Crippen molar-refractivity contribution in [2.24, 2.45) is 0 Å². The minimum absolute atomic E-state index is 0.238. The van der Waals surface area contributed by atoms with Crippen molar-refractivity contribution in [3.05, 3.63) is 0 Å². The Kier molecular flexibility index (Phi) is 3.97. The van der Waals surface area contributed by atoms with Crippen LogP contribution < -0.4 is 0 Å². The summed E-state index contributed by atoms with van der Waals surface area (Å²) in [6.07, 6.45) is 0.526. The maximum atomic E-state index is 5.67. The first kappa shape index (κ1) is 11.3. The summed E-state index contributed by atoms with van der Waals surface area (Å²) in [5.41, 5.74) is 0. The van der Waals surface area contributed by atoms with Crippen LogP contribution in [0.15, 0.2) is 0 Å². The number of nitrogens with zero attached hydrogens (tertiary/aromatic N) is 1. The van der Waals surface area contributed by atoms with Gasteiger partial charge in [0, 0.05) is 13.1 Å². The molecule has 0 bridgehead atoms. The van der Waals surface area contributed by atoms with Gasteiger partial charge in [-0.2, -0.15) is 0 Å². The molecule has 0 aliphatic carbocycles. The van der Waals surface area contributed by atoms with Gasteiger partial charge in [-0.25, -0.2) is 0 Å². The Bertz CT molecular complexity index is 194. The van der Waals surface area contributed by atoms with E-state index in [2.05, 4.69) is 18.7 Å². The highest BCUT2D eigenvalue weighted by Gasteiger charge is 2.30. The molecule has 2 aliphatic rings. The van der Waals surface area contributed by atoms with E-state index < -0.39 is 0 Å². The Morgan fingerprint density at radius 3 is 2.80 bits per heavy atom. The molecular weight excluding hydrogens is 194 g/mol. The van der Waals surface area contributed by atoms with Crippen LogP contribution in [0.2, 0.25) is 0 Å². The molecule has 0 spiro atoms. The second-order valence-corrected chi connectivity index (χ2v) is 4.56. The second kappa shape index (κ2) is 5.25. The lowest BCUT2D eigenvalue weighted by molar-refractivity contribution is -0.130. The van der Waals surface area contributed by atoms with Gasteiger partial charge in [-0.1, -0.05) is 0 Å². The summed E-state index contributed by atoms with van der Waals surface area (Å²) >= 11 is 0. The molecule has 2 rings (SSSR count). The van der Waals surface area contributed by atoms with Crippen LogP contribution in [0.4, 0.5) is 0 Å². The summed E-state index contributed by atoms with van der Waals surface area (Å²) in [6, 6.07) is 0.621. The van der Waals surface area contributed by atoms with Crippen LogP contribution in [0.3, 0.4) is 0 Å². The van der Waals surface area contributed by atoms with E-state index in [1.165, 1.54) is 0 Å². The molecule has 2 saturated heterocycles. The van der Waals surface area contributed by atoms with Gasteiger partial charge in [0.1, 0.15) is 0 Å². The number of morpholine rings is 1. The van der Waals surface area contributed by atoms with Crippen LogP contribution in [-0.4, -0.2) is 62.7 Å². The first-order valence-electron chi connectivity index (χ1n) is 5.80. The molecule has 2 heterocycles. The Balaban J connectivity index is 1.71. The summed E-state index contributed by atoms with van der Waals surface area (Å²) in [5.74, 6) is 0. The summed E-state index contributed by atoms with van der Waals surface area (Å²) < 4.78 is 16.5. The van der Waals surface area contributed by atoms with Gasteiger partial charge in [-0.15, -0.1) is 0 Å². The van der Waals surface area contributed by atoms with E-state index in [-0.39, 0.29) is 12.2 Å². The zero-order valence-corrected chi connectivity index (χ0v) is 9.65. The van der Waals surface area contributed by atoms with E-state index in [1.54, 1.807) is 0 Å². The van der Waals surface area contributed by atoms with Crippen molar-refractivity contribution in [1.82, 2.24) is 4.90 Å². The van der Waals surface area contributed by atoms with E-state index >= 15 is 0 Å². The van der Waals surface area contributed by atoms with E-state index in [4.69, 9.17) is 14.2 Å². The Morgan fingerprint density at radius 2 is 2.20 bits per heavy atom. The first-order valence-corrected chi connectivity index (χ1v) is 5.80. The number of ether oxygens (including phenoxy) is 3. The van der Waals surface area contributed by atoms with Crippen molar-refractivity contribution in [3.8, 4) is 0 Å². The predicted molar refractivity (Wildman–Crippen MR) is 57.0 cm³/mol. The fraction of sp³-hybridized carbons (Fsp3) is 1.00. The zero-order valence-electron chi connectivity index (χ0n) is 9.65. The van der Waals surface area contributed by atoms with Crippen molar-refractivity contribution in [3.63, 3.8) is 0 Å². The van der Waals surface area contributed by atoms with Gasteiger partial charge in [-0.3, -0.25) is 4.90 Å². The molecule has 2 fully saturated rings. The highest BCUT2D eigenvalue weighted by molar-refractivity contribution is 4.82. The number of hydrogen-bond acceptors (Lipinski definition) is 4. The van der Waals surface area contributed by atoms with Crippen molar-refractivity contribution in [2.75, 3.05) is 39.5 Å². The summed E-state index contributed by atoms with van der Waals surface area (Å²) in [6.45, 7) is 9.44. The number of hydrogen-bond donors (Lipinski definition) is 0. The van der Waals surface area contributed by atoms with E-state index in [1.807, 2.05) is 0 Å². The third-order valence-electron chi connectivity index (χ3n) is 2.92. The average Bonchev–Trinajstić information content (AvgIpc) is 2.13. The summed E-state index contributed by atoms with van der Waals surface area (Å²) in [5, 5.41) is 0. The van der Waals surface area contributed by atoms with Gasteiger partial charge in [-0.05, 0) is 13.8 Å². The molecule has 1 unspecified atom stereocenters. The summed E-state index contributed by atoms with van der Waals surface area (Å²) in [7, 11) is 0. The lowest BCUT2D eigenvalue weighted by atomic mass is 10.1. The van der Waals surface area contributed by atoms with Crippen LogP contribution in [-0.2, 0) is 14.2 Å². The molecule has 4 heteroatoms. The monoisotopic (exact) mass is 215 g/mol. The Labute approximate surface area is 91.5 Å². The maximum Gasteiger partial charge on any atom is 0.0935 e. The molecule has 0 amide bonds. The maximum absolute atomic E-state index is 5.67. The molecule has 0 aromatic rings. The molecule has 0 aromatic carbocycles. The lowest BCUT2D eigenvalue weighted by Gasteiger charge is -2.41. The van der Waals surface area contributed by atoms with E-state index in [0.29, 0.717) is 12.6 Å². The van der Waals surface area contributed by atoms with Crippen LogP contribution in [0.5, 0.6) is 0 Å². The highest BCUT2D eigenvalue weighted by atomic mass is 16.5. The summed E-state index contributed by atoms with van der Waals surface area (Å²) in [4.78, 5) is 2.46. The topological polar surface area (TPSA) is 30.9 Å². The van der Waals surface area contributed by atoms with Gasteiger partial charge >= 0.3 is 0 Å². The van der Waals surface area contributed by atoms with Gasteiger partial charge in [0.05, 0.1) is 44.7 Å². The minimum atomic E-state index is 0.238. The third-order valence-corrected chi connectivity index (χ3v) is 2.92. The van der Waals surface area contributed by atoms with Crippen molar-refractivity contribution >= 4 is 0 Å². The smallest absolute Gasteiger partial charge is 0.0935 e. The van der Waals surface area contributed by atoms with Crippen LogP contribution >= 0.6 is 0 Å². The largest absolute Gasteiger partial charge is 0.378 e. The van der Waals surface area contributed by atoms with E-state index in [0.717, 1.165) is 32.9 Å². The van der Waals surface area contributed by atoms with Gasteiger partial charge in [0.15, 0.2) is 0 Å². The quantitative estimate of drug-likeness (QED) is 0.684. The molecule has 88 valence electrons. The van der Waals surface area contributed by atoms with Crippen LogP contribution in [0, 0.1) is 0 Å². The van der Waals surface area contributed by atoms with Gasteiger partial charge in [0.25, 0.3) is 0 Å². The molecule has 0 N–H and O–H groups in total. The first-order chi connectivity index (χ1) is 7.25. The lowest BCUT2D eigenvalue weighted by Crippen LogP contribution is -2.56. The number of rotatable bonds is 4. The normalized spacial score (nSPS) is 29.4. The fourth-order valence-corrected chi connectivity index (χ4v) is 1.91. The fourth-order valence-electron chi connectivity index (χ4n) is 1.91. The molecule has 0 aromatic heterocycles. The SMILES string of the molecule is CC(C)OCC1CN(C2COC2)CCO1. The molecule has 0 saturated carbocycles. The Hall–Kier alpha value is -0.160. The zero-order chi connectivity index (χ0) is 10.7. The molecule has 2 aliphatic heterocycles. The van der Waals surface area contributed by atoms with Gasteiger partial charge in [0.2, 0.25) is 0 Å². The molecule has 15 heavy (non-hydrogen) atoms. The molecular formula is C11H21NO3. The second-order valence-electron chi connectivity index (χ2n) is 4.56. The van der Waals surface area contributed by atoms with Crippen LogP contribution in [0.1, 0.15) is 13.8 Å². The molecule has 1 atom stereocenters. The van der Waals surface area contributed by atoms with Crippen molar-refractivity contribution in [1.29, 1.82) is 0 Å². The van der Waals surface area contributed by atoms with Gasteiger partial charge < -0.3 is 14.2 Å². The highest BCUT2D eigenvalue weighted by Crippen LogP contribution is 2.15. The third kappa shape index (κ3) is 3.14. The Morgan fingerprint density at radius 1 is 1.40 bits per heavy atom. The molecule has 4 nitrogen and oxygen atoms in total. The van der Waals surface area contributed by atoms with Crippen molar-refractivity contribution < 1.29 is 14.2 Å². The predicted octanol–water partition coefficient (Wildman–Crippen LogP) is 0.511.